The molecule has 3 rings (SSSR count). The van der Waals surface area contributed by atoms with E-state index in [4.69, 9.17) is 0 Å². The number of hydrogen-bond donors (Lipinski definition) is 1. The van der Waals surface area contributed by atoms with Crippen molar-refractivity contribution in [1.82, 2.24) is 9.97 Å². The summed E-state index contributed by atoms with van der Waals surface area (Å²) in [5.74, 6) is 0. The molecule has 0 aliphatic heterocycles. The van der Waals surface area contributed by atoms with Gasteiger partial charge < -0.3 is 5.32 Å². The van der Waals surface area contributed by atoms with E-state index in [9.17, 15) is 0 Å². The van der Waals surface area contributed by atoms with Gasteiger partial charge in [-0.25, -0.2) is 9.97 Å². The fraction of sp³-hybridized carbons (Fsp3) is 0.231. The number of rotatable bonds is 4. The lowest BCUT2D eigenvalue weighted by atomic mass is 10.2. The largest absolute Gasteiger partial charge is 0.385 e. The number of nitrogens with zero attached hydrogens (tertiary/aromatic N) is 2. The van der Waals surface area contributed by atoms with E-state index in [1.807, 2.05) is 11.0 Å². The van der Waals surface area contributed by atoms with Crippen molar-refractivity contribution in [1.29, 1.82) is 0 Å². The average molecular weight is 275 g/mol. The lowest BCUT2D eigenvalue weighted by Gasteiger charge is -2.05. The zero-order chi connectivity index (χ0) is 12.4. The van der Waals surface area contributed by atoms with Crippen LogP contribution in [0.1, 0.15) is 10.6 Å². The highest BCUT2D eigenvalue weighted by molar-refractivity contribution is 7.16. The molecule has 0 fully saturated rings. The molecule has 0 bridgehead atoms. The van der Waals surface area contributed by atoms with Gasteiger partial charge in [0.2, 0.25) is 0 Å². The zero-order valence-electron chi connectivity index (χ0n) is 10.0. The number of nitrogens with one attached hydrogen (secondary N) is 1. The molecule has 0 saturated carbocycles. The Morgan fingerprint density at radius 1 is 1.17 bits per heavy atom. The van der Waals surface area contributed by atoms with E-state index in [-0.39, 0.29) is 0 Å². The number of aryl methyl sites for hydroxylation is 1. The van der Waals surface area contributed by atoms with Gasteiger partial charge >= 0.3 is 0 Å². The molecule has 0 spiro atoms. The maximum absolute atomic E-state index is 4.28. The first-order chi connectivity index (χ1) is 8.83. The summed E-state index contributed by atoms with van der Waals surface area (Å²) < 4.78 is 1.23. The van der Waals surface area contributed by atoms with Crippen LogP contribution in [0.4, 0.5) is 5.69 Å². The maximum Gasteiger partial charge on any atom is 0.0813 e. The molecular formula is C13H13N3S2. The Hall–Kier alpha value is -1.46. The van der Waals surface area contributed by atoms with Gasteiger partial charge in [0.1, 0.15) is 0 Å². The Kier molecular flexibility index (Phi) is 3.25. The molecule has 0 aliphatic rings. The predicted octanol–water partition coefficient (Wildman–Crippen LogP) is 3.72. The molecule has 0 aliphatic carbocycles. The molecule has 2 heterocycles. The molecule has 92 valence electrons. The second-order valence-corrected chi connectivity index (χ2v) is 5.90. The van der Waals surface area contributed by atoms with Crippen LogP contribution in [0, 0.1) is 6.92 Å². The molecule has 0 amide bonds. The van der Waals surface area contributed by atoms with Crippen molar-refractivity contribution < 1.29 is 0 Å². The molecule has 5 heteroatoms. The van der Waals surface area contributed by atoms with Gasteiger partial charge in [0.15, 0.2) is 0 Å². The third kappa shape index (κ3) is 2.37. The number of fused-ring (bicyclic) bond motifs is 1. The van der Waals surface area contributed by atoms with Gasteiger partial charge in [-0.15, -0.1) is 22.7 Å². The second kappa shape index (κ2) is 5.04. The summed E-state index contributed by atoms with van der Waals surface area (Å²) in [6.07, 6.45) is 1.03. The highest BCUT2D eigenvalue weighted by atomic mass is 32.1. The molecule has 18 heavy (non-hydrogen) atoms. The van der Waals surface area contributed by atoms with Gasteiger partial charge in [-0.2, -0.15) is 0 Å². The summed E-state index contributed by atoms with van der Waals surface area (Å²) in [5.41, 5.74) is 7.18. The summed E-state index contributed by atoms with van der Waals surface area (Å²) in [4.78, 5) is 9.90. The van der Waals surface area contributed by atoms with Gasteiger partial charge in [0.05, 0.1) is 26.9 Å². The number of benzene rings is 1. The van der Waals surface area contributed by atoms with Crippen molar-refractivity contribution in [2.24, 2.45) is 0 Å². The van der Waals surface area contributed by atoms with Crippen molar-refractivity contribution in [3.05, 3.63) is 39.8 Å². The van der Waals surface area contributed by atoms with Crippen LogP contribution in [0.3, 0.4) is 0 Å². The van der Waals surface area contributed by atoms with Crippen LogP contribution in [-0.4, -0.2) is 16.5 Å². The van der Waals surface area contributed by atoms with Crippen molar-refractivity contribution in [3.8, 4) is 0 Å². The summed E-state index contributed by atoms with van der Waals surface area (Å²) in [7, 11) is 0. The van der Waals surface area contributed by atoms with Crippen LogP contribution in [0.15, 0.2) is 29.2 Å². The highest BCUT2D eigenvalue weighted by Gasteiger charge is 2.02. The minimum atomic E-state index is 0.938. The third-order valence-corrected chi connectivity index (χ3v) is 4.64. The SMILES string of the molecule is Cc1ncsc1CCNc1ccc2ncsc2c1. The minimum Gasteiger partial charge on any atom is -0.385 e. The number of aromatic nitrogens is 2. The van der Waals surface area contributed by atoms with Gasteiger partial charge in [-0.1, -0.05) is 0 Å². The van der Waals surface area contributed by atoms with Crippen molar-refractivity contribution in [2.75, 3.05) is 11.9 Å². The summed E-state index contributed by atoms with van der Waals surface area (Å²) in [6.45, 7) is 3.00. The molecule has 0 unspecified atom stereocenters. The van der Waals surface area contributed by atoms with Crippen LogP contribution < -0.4 is 5.32 Å². The molecule has 0 atom stereocenters. The van der Waals surface area contributed by atoms with Gasteiger partial charge in [-0.3, -0.25) is 0 Å². The molecular weight excluding hydrogens is 262 g/mol. The topological polar surface area (TPSA) is 37.8 Å². The number of thiazole rings is 2. The Labute approximate surface area is 114 Å². The van der Waals surface area contributed by atoms with E-state index in [1.165, 1.54) is 9.58 Å². The first kappa shape index (κ1) is 11.6. The summed E-state index contributed by atoms with van der Waals surface area (Å²) >= 11 is 3.41. The van der Waals surface area contributed by atoms with Crippen LogP contribution in [0.5, 0.6) is 0 Å². The Bertz CT molecular complexity index is 657. The van der Waals surface area contributed by atoms with Gasteiger partial charge in [-0.05, 0) is 25.1 Å². The number of hydrogen-bond acceptors (Lipinski definition) is 5. The van der Waals surface area contributed by atoms with E-state index in [0.717, 1.165) is 29.9 Å². The summed E-state index contributed by atoms with van der Waals surface area (Å²) in [6, 6.07) is 6.31. The molecule has 1 aromatic carbocycles. The monoisotopic (exact) mass is 275 g/mol. The Morgan fingerprint density at radius 3 is 2.89 bits per heavy atom. The normalized spacial score (nSPS) is 10.9. The van der Waals surface area contributed by atoms with Crippen molar-refractivity contribution >= 4 is 38.6 Å². The van der Waals surface area contributed by atoms with Crippen LogP contribution in [-0.2, 0) is 6.42 Å². The first-order valence-electron chi connectivity index (χ1n) is 5.79. The Morgan fingerprint density at radius 2 is 2.06 bits per heavy atom. The summed E-state index contributed by atoms with van der Waals surface area (Å²) in [5, 5.41) is 3.45. The van der Waals surface area contributed by atoms with Crippen LogP contribution >= 0.6 is 22.7 Å². The van der Waals surface area contributed by atoms with Crippen LogP contribution in [0.25, 0.3) is 10.2 Å². The van der Waals surface area contributed by atoms with Crippen LogP contribution in [0.2, 0.25) is 0 Å². The second-order valence-electron chi connectivity index (χ2n) is 4.07. The van der Waals surface area contributed by atoms with E-state index >= 15 is 0 Å². The smallest absolute Gasteiger partial charge is 0.0813 e. The Balaban J connectivity index is 1.64. The molecule has 2 aromatic heterocycles. The fourth-order valence-corrected chi connectivity index (χ4v) is 3.35. The molecule has 3 aromatic rings. The van der Waals surface area contributed by atoms with Crippen molar-refractivity contribution in [3.63, 3.8) is 0 Å². The third-order valence-electron chi connectivity index (χ3n) is 2.86. The standard InChI is InChI=1S/C13H13N3S2/c1-9-12(17-7-15-9)4-5-14-10-2-3-11-13(6-10)18-8-16-11/h2-3,6-8,14H,4-5H2,1H3. The zero-order valence-corrected chi connectivity index (χ0v) is 11.6. The molecule has 1 N–H and O–H groups in total. The van der Waals surface area contributed by atoms with Gasteiger partial charge in [0.25, 0.3) is 0 Å². The fourth-order valence-electron chi connectivity index (χ4n) is 1.85. The molecule has 0 saturated heterocycles. The lowest BCUT2D eigenvalue weighted by Crippen LogP contribution is -2.04. The average Bonchev–Trinajstić information content (AvgIpc) is 2.98. The lowest BCUT2D eigenvalue weighted by molar-refractivity contribution is 1.02. The van der Waals surface area contributed by atoms with Crippen molar-refractivity contribution in [2.45, 2.75) is 13.3 Å². The first-order valence-corrected chi connectivity index (χ1v) is 7.55. The number of anilines is 1. The molecule has 3 nitrogen and oxygen atoms in total. The maximum atomic E-state index is 4.28. The van der Waals surface area contributed by atoms with E-state index in [1.54, 1.807) is 22.7 Å². The van der Waals surface area contributed by atoms with E-state index < -0.39 is 0 Å². The van der Waals surface area contributed by atoms with E-state index in [0.29, 0.717) is 0 Å². The van der Waals surface area contributed by atoms with Gasteiger partial charge in [0, 0.05) is 23.5 Å². The minimum absolute atomic E-state index is 0.938. The molecule has 0 radical (unpaired) electrons. The quantitative estimate of drug-likeness (QED) is 0.788. The van der Waals surface area contributed by atoms with E-state index in [2.05, 4.69) is 40.4 Å². The predicted molar refractivity (Wildman–Crippen MR) is 78.7 cm³/mol. The highest BCUT2D eigenvalue weighted by Crippen LogP contribution is 2.22.